The third-order valence-electron chi connectivity index (χ3n) is 3.20. The van der Waals surface area contributed by atoms with E-state index in [-0.39, 0.29) is 6.04 Å². The Hall–Kier alpha value is -1.82. The summed E-state index contributed by atoms with van der Waals surface area (Å²) in [5, 5.41) is 7.28. The lowest BCUT2D eigenvalue weighted by atomic mass is 9.98. The van der Waals surface area contributed by atoms with E-state index in [1.165, 1.54) is 12.1 Å². The molecule has 2 aromatic rings. The number of aromatic nitrogens is 2. The van der Waals surface area contributed by atoms with E-state index in [0.717, 1.165) is 17.3 Å². The van der Waals surface area contributed by atoms with Crippen LogP contribution in [0, 0.1) is 6.92 Å². The lowest BCUT2D eigenvalue weighted by Crippen LogP contribution is -2.19. The van der Waals surface area contributed by atoms with Gasteiger partial charge in [0.25, 0.3) is 0 Å². The minimum Gasteiger partial charge on any atom is -0.309 e. The van der Waals surface area contributed by atoms with Crippen LogP contribution in [0.2, 0.25) is 0 Å². The summed E-state index contributed by atoms with van der Waals surface area (Å²) in [6.45, 7) is 1.84. The van der Waals surface area contributed by atoms with Crippen LogP contribution >= 0.6 is 0 Å². The molecule has 0 aliphatic heterocycles. The Morgan fingerprint density at radius 1 is 1.30 bits per heavy atom. The summed E-state index contributed by atoms with van der Waals surface area (Å²) < 4.78 is 40.0. The van der Waals surface area contributed by atoms with E-state index in [1.54, 1.807) is 24.8 Å². The van der Waals surface area contributed by atoms with Gasteiger partial charge in [0, 0.05) is 18.8 Å². The van der Waals surface area contributed by atoms with Gasteiger partial charge in [0.2, 0.25) is 0 Å². The molecule has 0 aliphatic rings. The van der Waals surface area contributed by atoms with Crippen LogP contribution in [-0.4, -0.2) is 16.8 Å². The fourth-order valence-electron chi connectivity index (χ4n) is 2.30. The Bertz CT molecular complexity index is 602. The van der Waals surface area contributed by atoms with Crippen molar-refractivity contribution in [1.82, 2.24) is 15.1 Å². The zero-order valence-corrected chi connectivity index (χ0v) is 11.5. The van der Waals surface area contributed by atoms with Crippen LogP contribution in [0.1, 0.15) is 28.4 Å². The number of nitrogens with one attached hydrogen (secondary N) is 1. The molecule has 1 aromatic heterocycles. The molecule has 2 rings (SSSR count). The number of rotatable bonds is 3. The highest BCUT2D eigenvalue weighted by atomic mass is 19.4. The maximum atomic E-state index is 12.8. The number of halogens is 3. The van der Waals surface area contributed by atoms with E-state index in [1.807, 2.05) is 13.1 Å². The minimum atomic E-state index is -4.34. The van der Waals surface area contributed by atoms with Gasteiger partial charge in [-0.3, -0.25) is 4.68 Å². The highest BCUT2D eigenvalue weighted by Gasteiger charge is 2.31. The van der Waals surface area contributed by atoms with Gasteiger partial charge in [0.15, 0.2) is 0 Å². The number of alkyl halides is 3. The van der Waals surface area contributed by atoms with Crippen molar-refractivity contribution in [1.29, 1.82) is 0 Å². The topological polar surface area (TPSA) is 29.9 Å². The smallest absolute Gasteiger partial charge is 0.309 e. The molecule has 0 amide bonds. The quantitative estimate of drug-likeness (QED) is 0.938. The predicted octanol–water partition coefficient (Wildman–Crippen LogP) is 3.06. The average Bonchev–Trinajstić information content (AvgIpc) is 2.69. The Balaban J connectivity index is 2.45. The lowest BCUT2D eigenvalue weighted by molar-refractivity contribution is -0.137. The van der Waals surface area contributed by atoms with E-state index < -0.39 is 11.7 Å². The lowest BCUT2D eigenvalue weighted by Gasteiger charge is -2.17. The van der Waals surface area contributed by atoms with Gasteiger partial charge in [-0.1, -0.05) is 12.1 Å². The van der Waals surface area contributed by atoms with Gasteiger partial charge in [-0.25, -0.2) is 0 Å². The van der Waals surface area contributed by atoms with Crippen molar-refractivity contribution < 1.29 is 13.2 Å². The third kappa shape index (κ3) is 2.85. The van der Waals surface area contributed by atoms with Crippen molar-refractivity contribution in [3.8, 4) is 0 Å². The standard InChI is InChI=1S/C14H16F3N3/c1-9-12(8-20(3)19-9)13(18-2)10-5-4-6-11(7-10)14(15,16)17/h4-8,13,18H,1-3H3. The molecule has 1 atom stereocenters. The Labute approximate surface area is 115 Å². The van der Waals surface area contributed by atoms with E-state index in [2.05, 4.69) is 10.4 Å². The summed E-state index contributed by atoms with van der Waals surface area (Å²) in [7, 11) is 3.51. The van der Waals surface area contributed by atoms with Crippen molar-refractivity contribution in [2.75, 3.05) is 7.05 Å². The molecule has 1 aromatic carbocycles. The molecule has 0 radical (unpaired) electrons. The Morgan fingerprint density at radius 3 is 2.50 bits per heavy atom. The highest BCUT2D eigenvalue weighted by molar-refractivity contribution is 5.35. The Kier molecular flexibility index (Phi) is 3.85. The van der Waals surface area contributed by atoms with Crippen molar-refractivity contribution in [3.63, 3.8) is 0 Å². The molecule has 108 valence electrons. The first-order chi connectivity index (χ1) is 9.32. The van der Waals surface area contributed by atoms with Gasteiger partial charge in [0.1, 0.15) is 0 Å². The summed E-state index contributed by atoms with van der Waals surface area (Å²) in [5.41, 5.74) is 1.59. The molecule has 1 unspecified atom stereocenters. The molecule has 6 heteroatoms. The highest BCUT2D eigenvalue weighted by Crippen LogP contribution is 2.32. The first-order valence-electron chi connectivity index (χ1n) is 6.17. The summed E-state index contributed by atoms with van der Waals surface area (Å²) in [6.07, 6.45) is -2.52. The number of hydrogen-bond donors (Lipinski definition) is 1. The summed E-state index contributed by atoms with van der Waals surface area (Å²) >= 11 is 0. The molecular weight excluding hydrogens is 267 g/mol. The first-order valence-corrected chi connectivity index (χ1v) is 6.17. The monoisotopic (exact) mass is 283 g/mol. The molecule has 0 spiro atoms. The van der Waals surface area contributed by atoms with Crippen molar-refractivity contribution >= 4 is 0 Å². The van der Waals surface area contributed by atoms with Crippen LogP contribution in [0.15, 0.2) is 30.5 Å². The van der Waals surface area contributed by atoms with E-state index in [0.29, 0.717) is 5.56 Å². The van der Waals surface area contributed by atoms with Gasteiger partial charge in [0.05, 0.1) is 17.3 Å². The molecule has 1 N–H and O–H groups in total. The largest absolute Gasteiger partial charge is 0.416 e. The maximum absolute atomic E-state index is 12.8. The average molecular weight is 283 g/mol. The van der Waals surface area contributed by atoms with Crippen LogP contribution in [0.3, 0.4) is 0 Å². The van der Waals surface area contributed by atoms with E-state index in [4.69, 9.17) is 0 Å². The van der Waals surface area contributed by atoms with Gasteiger partial charge in [-0.15, -0.1) is 0 Å². The molecule has 0 saturated carbocycles. The summed E-state index contributed by atoms with van der Waals surface area (Å²) in [5.74, 6) is 0. The van der Waals surface area contributed by atoms with Gasteiger partial charge in [-0.2, -0.15) is 18.3 Å². The van der Waals surface area contributed by atoms with Crippen molar-refractivity contribution in [2.24, 2.45) is 7.05 Å². The molecule has 1 heterocycles. The molecule has 0 bridgehead atoms. The fraction of sp³-hybridized carbons (Fsp3) is 0.357. The Morgan fingerprint density at radius 2 is 2.00 bits per heavy atom. The number of aryl methyl sites for hydroxylation is 2. The van der Waals surface area contributed by atoms with E-state index >= 15 is 0 Å². The molecule has 20 heavy (non-hydrogen) atoms. The summed E-state index contributed by atoms with van der Waals surface area (Å²) in [6, 6.07) is 5.04. The molecule has 0 fully saturated rings. The fourth-order valence-corrected chi connectivity index (χ4v) is 2.30. The minimum absolute atomic E-state index is 0.314. The van der Waals surface area contributed by atoms with Gasteiger partial charge < -0.3 is 5.32 Å². The van der Waals surface area contributed by atoms with Crippen molar-refractivity contribution in [2.45, 2.75) is 19.1 Å². The first kappa shape index (κ1) is 14.6. The molecular formula is C14H16F3N3. The zero-order chi connectivity index (χ0) is 14.9. The molecule has 0 aliphatic carbocycles. The molecule has 0 saturated heterocycles. The number of nitrogens with zero attached hydrogens (tertiary/aromatic N) is 2. The van der Waals surface area contributed by atoms with Gasteiger partial charge >= 0.3 is 6.18 Å². The maximum Gasteiger partial charge on any atom is 0.416 e. The SMILES string of the molecule is CNC(c1cccc(C(F)(F)F)c1)c1cn(C)nc1C. The third-order valence-corrected chi connectivity index (χ3v) is 3.20. The number of benzene rings is 1. The van der Waals surface area contributed by atoms with E-state index in [9.17, 15) is 13.2 Å². The zero-order valence-electron chi connectivity index (χ0n) is 11.5. The van der Waals surface area contributed by atoms with Crippen LogP contribution in [0.25, 0.3) is 0 Å². The second-order valence-electron chi connectivity index (χ2n) is 4.69. The van der Waals surface area contributed by atoms with Crippen LogP contribution in [0.5, 0.6) is 0 Å². The second-order valence-corrected chi connectivity index (χ2v) is 4.69. The molecule has 3 nitrogen and oxygen atoms in total. The number of hydrogen-bond acceptors (Lipinski definition) is 2. The van der Waals surface area contributed by atoms with Crippen LogP contribution in [-0.2, 0) is 13.2 Å². The normalized spacial score (nSPS) is 13.5. The van der Waals surface area contributed by atoms with Gasteiger partial charge in [-0.05, 0) is 31.7 Å². The predicted molar refractivity (Wildman–Crippen MR) is 70.3 cm³/mol. The summed E-state index contributed by atoms with van der Waals surface area (Å²) in [4.78, 5) is 0. The van der Waals surface area contributed by atoms with Crippen LogP contribution < -0.4 is 5.32 Å². The second kappa shape index (κ2) is 5.28. The van der Waals surface area contributed by atoms with Crippen molar-refractivity contribution in [3.05, 3.63) is 52.8 Å². The van der Waals surface area contributed by atoms with Crippen LogP contribution in [0.4, 0.5) is 13.2 Å².